The number of rotatable bonds is 10. The molecule has 3 aromatic carbocycles. The lowest BCUT2D eigenvalue weighted by Gasteiger charge is -2.42. The molecule has 4 atom stereocenters. The highest BCUT2D eigenvalue weighted by atomic mass is 16.5. The van der Waals surface area contributed by atoms with Gasteiger partial charge in [-0.1, -0.05) is 112 Å². The summed E-state index contributed by atoms with van der Waals surface area (Å²) < 4.78 is 5.96. The van der Waals surface area contributed by atoms with Crippen LogP contribution in [0.5, 0.6) is 5.75 Å². The maximum atomic E-state index is 5.96. The summed E-state index contributed by atoms with van der Waals surface area (Å²) in [5.41, 5.74) is 5.31. The molecule has 0 amide bonds. The molecule has 1 unspecified atom stereocenters. The van der Waals surface area contributed by atoms with Crippen LogP contribution in [0.1, 0.15) is 94.6 Å². The van der Waals surface area contributed by atoms with Crippen molar-refractivity contribution in [3.63, 3.8) is 0 Å². The molecule has 0 aliphatic heterocycles. The quantitative estimate of drug-likeness (QED) is 0.262. The third kappa shape index (κ3) is 6.61. The van der Waals surface area contributed by atoms with Crippen molar-refractivity contribution in [3.05, 3.63) is 90.0 Å². The van der Waals surface area contributed by atoms with Crippen LogP contribution in [0.3, 0.4) is 0 Å². The Balaban J connectivity index is 1.11. The number of hydrogen-bond donors (Lipinski definition) is 0. The van der Waals surface area contributed by atoms with Gasteiger partial charge in [0.2, 0.25) is 0 Å². The molecule has 2 aliphatic carbocycles. The fraction of sp³-hybridized carbons (Fsp3) is 0.486. The molecule has 0 aromatic heterocycles. The Morgan fingerprint density at radius 3 is 2.11 bits per heavy atom. The Bertz CT molecular complexity index is 1040. The minimum Gasteiger partial charge on any atom is -0.489 e. The van der Waals surface area contributed by atoms with Gasteiger partial charge in [-0.15, -0.1) is 0 Å². The first-order valence-electron chi connectivity index (χ1n) is 14.7. The molecule has 36 heavy (non-hydrogen) atoms. The SMILES string of the molecule is CCCCCCC1CC[C@@H]2C[C@H](c3ccc(-c4ccc(OCc5ccccc5)cc4)cc3)CC[C@@H]2C1. The normalized spacial score (nSPS) is 23.7. The van der Waals surface area contributed by atoms with Crippen LogP contribution in [-0.2, 0) is 6.61 Å². The lowest BCUT2D eigenvalue weighted by molar-refractivity contribution is 0.113. The summed E-state index contributed by atoms with van der Waals surface area (Å²) in [6, 6.07) is 28.4. The first-order chi connectivity index (χ1) is 17.8. The molecule has 0 heterocycles. The number of hydrogen-bond acceptors (Lipinski definition) is 1. The van der Waals surface area contributed by atoms with Crippen LogP contribution >= 0.6 is 0 Å². The fourth-order valence-corrected chi connectivity index (χ4v) is 6.84. The van der Waals surface area contributed by atoms with E-state index in [1.165, 1.54) is 87.3 Å². The second-order valence-electron chi connectivity index (χ2n) is 11.5. The Labute approximate surface area is 219 Å². The maximum absolute atomic E-state index is 5.96. The summed E-state index contributed by atoms with van der Waals surface area (Å²) >= 11 is 0. The van der Waals surface area contributed by atoms with Gasteiger partial charge in [0.25, 0.3) is 0 Å². The van der Waals surface area contributed by atoms with Crippen LogP contribution in [0.2, 0.25) is 0 Å². The molecule has 2 saturated carbocycles. The van der Waals surface area contributed by atoms with Gasteiger partial charge >= 0.3 is 0 Å². The van der Waals surface area contributed by atoms with Crippen molar-refractivity contribution in [1.82, 2.24) is 0 Å². The highest BCUT2D eigenvalue weighted by molar-refractivity contribution is 5.64. The van der Waals surface area contributed by atoms with Gasteiger partial charge in [-0.25, -0.2) is 0 Å². The third-order valence-corrected chi connectivity index (χ3v) is 9.01. The number of ether oxygens (including phenoxy) is 1. The van der Waals surface area contributed by atoms with Crippen molar-refractivity contribution in [3.8, 4) is 16.9 Å². The molecule has 1 nitrogen and oxygen atoms in total. The van der Waals surface area contributed by atoms with Crippen molar-refractivity contribution in [1.29, 1.82) is 0 Å². The van der Waals surface area contributed by atoms with Gasteiger partial charge in [0.15, 0.2) is 0 Å². The van der Waals surface area contributed by atoms with Gasteiger partial charge in [0.05, 0.1) is 0 Å². The van der Waals surface area contributed by atoms with Crippen LogP contribution in [0.4, 0.5) is 0 Å². The van der Waals surface area contributed by atoms with Crippen molar-refractivity contribution in [2.45, 2.75) is 90.1 Å². The van der Waals surface area contributed by atoms with Crippen LogP contribution in [0.25, 0.3) is 11.1 Å². The molecule has 0 N–H and O–H groups in total. The molecule has 2 fully saturated rings. The summed E-state index contributed by atoms with van der Waals surface area (Å²) in [6.45, 7) is 2.93. The summed E-state index contributed by atoms with van der Waals surface area (Å²) in [5, 5.41) is 0. The van der Waals surface area contributed by atoms with Crippen LogP contribution < -0.4 is 4.74 Å². The van der Waals surface area contributed by atoms with E-state index >= 15 is 0 Å². The standard InChI is InChI=1S/C35H44O/c1-2-3-4-6-9-27-12-13-34-25-33(19-18-32(34)24-27)31-16-14-29(15-17-31)30-20-22-35(23-21-30)36-26-28-10-7-5-8-11-28/h5,7-8,10-11,14-17,20-23,27,32-34H,2-4,6,9,12-13,18-19,24-26H2,1H3/t27?,32-,33-,34-/m1/s1. The molecular weight excluding hydrogens is 436 g/mol. The minimum atomic E-state index is 0.609. The molecule has 1 heteroatoms. The Hall–Kier alpha value is -2.54. The Morgan fingerprint density at radius 2 is 1.36 bits per heavy atom. The summed E-state index contributed by atoms with van der Waals surface area (Å²) in [7, 11) is 0. The number of benzene rings is 3. The molecular formula is C35H44O. The molecule has 0 saturated heterocycles. The van der Waals surface area contributed by atoms with E-state index in [2.05, 4.69) is 79.7 Å². The first-order valence-corrected chi connectivity index (χ1v) is 14.7. The Kier molecular flexibility index (Phi) is 8.81. The molecule has 0 spiro atoms. The molecule has 5 rings (SSSR count). The lowest BCUT2D eigenvalue weighted by Crippen LogP contribution is -2.30. The monoisotopic (exact) mass is 480 g/mol. The molecule has 2 aliphatic rings. The van der Waals surface area contributed by atoms with E-state index in [0.29, 0.717) is 6.61 Å². The molecule has 0 bridgehead atoms. The predicted octanol–water partition coefficient (Wildman–Crippen LogP) is 10.2. The zero-order chi connectivity index (χ0) is 24.6. The van der Waals surface area contributed by atoms with Crippen LogP contribution in [0.15, 0.2) is 78.9 Å². The summed E-state index contributed by atoms with van der Waals surface area (Å²) in [6.07, 6.45) is 15.9. The van der Waals surface area contributed by atoms with Gasteiger partial charge in [-0.05, 0) is 90.2 Å². The van der Waals surface area contributed by atoms with Crippen molar-refractivity contribution in [2.24, 2.45) is 17.8 Å². The first kappa shape index (κ1) is 25.1. The van der Waals surface area contributed by atoms with E-state index < -0.39 is 0 Å². The van der Waals surface area contributed by atoms with E-state index in [4.69, 9.17) is 4.74 Å². The van der Waals surface area contributed by atoms with Gasteiger partial charge in [-0.2, -0.15) is 0 Å². The van der Waals surface area contributed by atoms with Crippen molar-refractivity contribution < 1.29 is 4.74 Å². The van der Waals surface area contributed by atoms with Crippen molar-refractivity contribution in [2.75, 3.05) is 0 Å². The predicted molar refractivity (Wildman–Crippen MR) is 152 cm³/mol. The summed E-state index contributed by atoms with van der Waals surface area (Å²) in [4.78, 5) is 0. The second kappa shape index (κ2) is 12.6. The zero-order valence-electron chi connectivity index (χ0n) is 22.2. The smallest absolute Gasteiger partial charge is 0.119 e. The summed E-state index contributed by atoms with van der Waals surface area (Å²) in [5.74, 6) is 4.68. The van der Waals surface area contributed by atoms with Gasteiger partial charge in [-0.3, -0.25) is 0 Å². The zero-order valence-corrected chi connectivity index (χ0v) is 22.2. The molecule has 190 valence electrons. The molecule has 0 radical (unpaired) electrons. The topological polar surface area (TPSA) is 9.23 Å². The second-order valence-corrected chi connectivity index (χ2v) is 11.5. The van der Waals surface area contributed by atoms with Crippen LogP contribution in [0, 0.1) is 17.8 Å². The highest BCUT2D eigenvalue weighted by Gasteiger charge is 2.35. The fourth-order valence-electron chi connectivity index (χ4n) is 6.84. The van der Waals surface area contributed by atoms with E-state index in [1.54, 1.807) is 5.56 Å². The number of fused-ring (bicyclic) bond motifs is 1. The van der Waals surface area contributed by atoms with E-state index in [-0.39, 0.29) is 0 Å². The van der Waals surface area contributed by atoms with Crippen LogP contribution in [-0.4, -0.2) is 0 Å². The third-order valence-electron chi connectivity index (χ3n) is 9.01. The Morgan fingerprint density at radius 1 is 0.667 bits per heavy atom. The lowest BCUT2D eigenvalue weighted by atomic mass is 9.63. The average Bonchev–Trinajstić information content (AvgIpc) is 2.95. The van der Waals surface area contributed by atoms with E-state index in [0.717, 1.165) is 29.4 Å². The van der Waals surface area contributed by atoms with Gasteiger partial charge in [0.1, 0.15) is 12.4 Å². The largest absolute Gasteiger partial charge is 0.489 e. The molecule has 3 aromatic rings. The number of unbranched alkanes of at least 4 members (excludes halogenated alkanes) is 3. The minimum absolute atomic E-state index is 0.609. The highest BCUT2D eigenvalue weighted by Crippen LogP contribution is 2.48. The van der Waals surface area contributed by atoms with Gasteiger partial charge in [0, 0.05) is 0 Å². The maximum Gasteiger partial charge on any atom is 0.119 e. The van der Waals surface area contributed by atoms with E-state index in [9.17, 15) is 0 Å². The average molecular weight is 481 g/mol. The van der Waals surface area contributed by atoms with Gasteiger partial charge < -0.3 is 4.74 Å². The van der Waals surface area contributed by atoms with Crippen molar-refractivity contribution >= 4 is 0 Å². The van der Waals surface area contributed by atoms with E-state index in [1.807, 2.05) is 6.07 Å².